The summed E-state index contributed by atoms with van der Waals surface area (Å²) in [5.41, 5.74) is -0.471. The van der Waals surface area contributed by atoms with Crippen LogP contribution >= 0.6 is 0 Å². The van der Waals surface area contributed by atoms with Crippen molar-refractivity contribution in [1.82, 2.24) is 29.3 Å². The molecular weight excluding hydrogens is 288 g/mol. The summed E-state index contributed by atoms with van der Waals surface area (Å²) in [5, 5.41) is 5.73. The monoisotopic (exact) mass is 308 g/mol. The van der Waals surface area contributed by atoms with Crippen LogP contribution in [0.3, 0.4) is 0 Å². The molecule has 1 amide bonds. The Bertz CT molecular complexity index is 800. The summed E-state index contributed by atoms with van der Waals surface area (Å²) < 4.78 is 3.73. The molecule has 0 bridgehead atoms. The van der Waals surface area contributed by atoms with E-state index >= 15 is 0 Å². The van der Waals surface area contributed by atoms with E-state index < -0.39 is 11.2 Å². The first-order chi connectivity index (χ1) is 10.5. The normalized spacial score (nSPS) is 11.0. The molecule has 22 heavy (non-hydrogen) atoms. The molecule has 2 N–H and O–H groups in total. The second-order valence-electron chi connectivity index (χ2n) is 4.96. The van der Waals surface area contributed by atoms with E-state index in [4.69, 9.17) is 0 Å². The second kappa shape index (κ2) is 6.56. The summed E-state index contributed by atoms with van der Waals surface area (Å²) in [5.74, 6) is -0.376. The van der Waals surface area contributed by atoms with Crippen molar-refractivity contribution in [2.75, 3.05) is 19.6 Å². The van der Waals surface area contributed by atoms with Crippen LogP contribution in [0.1, 0.15) is 6.92 Å². The van der Waals surface area contributed by atoms with E-state index in [1.54, 1.807) is 7.05 Å². The molecule has 0 unspecified atom stereocenters. The number of carbonyl (C=O) groups excluding carboxylic acids is 1. The standard InChI is InChI=1S/C13H20N6O3/c1-4-14-5-6-15-9(20)7-19-12(21)10-11(16-8-17(10)2)18(3)13(19)22/h8,14H,4-7H2,1-3H3,(H,15,20). The molecule has 0 saturated heterocycles. The van der Waals surface area contributed by atoms with Crippen LogP contribution in [-0.2, 0) is 25.4 Å². The van der Waals surface area contributed by atoms with E-state index in [0.717, 1.165) is 11.1 Å². The Balaban J connectivity index is 2.28. The number of fused-ring (bicyclic) bond motifs is 1. The zero-order chi connectivity index (χ0) is 16.3. The number of aryl methyl sites for hydroxylation is 2. The van der Waals surface area contributed by atoms with Crippen molar-refractivity contribution in [3.8, 4) is 0 Å². The molecule has 120 valence electrons. The lowest BCUT2D eigenvalue weighted by molar-refractivity contribution is -0.121. The smallest absolute Gasteiger partial charge is 0.332 e. The number of carbonyl (C=O) groups is 1. The fourth-order valence-corrected chi connectivity index (χ4v) is 2.20. The molecule has 2 aromatic heterocycles. The van der Waals surface area contributed by atoms with Crippen molar-refractivity contribution in [2.45, 2.75) is 13.5 Å². The van der Waals surface area contributed by atoms with E-state index in [-0.39, 0.29) is 12.5 Å². The number of nitrogens with zero attached hydrogens (tertiary/aromatic N) is 4. The van der Waals surface area contributed by atoms with Gasteiger partial charge in [0.05, 0.1) is 6.33 Å². The van der Waals surface area contributed by atoms with Gasteiger partial charge in [-0.25, -0.2) is 14.3 Å². The van der Waals surface area contributed by atoms with Gasteiger partial charge in [-0.2, -0.15) is 0 Å². The molecule has 9 heteroatoms. The average Bonchev–Trinajstić information content (AvgIpc) is 2.88. The van der Waals surface area contributed by atoms with E-state index in [1.807, 2.05) is 6.92 Å². The summed E-state index contributed by atoms with van der Waals surface area (Å²) in [6.07, 6.45) is 1.46. The number of rotatable bonds is 6. The number of hydrogen-bond acceptors (Lipinski definition) is 5. The van der Waals surface area contributed by atoms with E-state index in [0.29, 0.717) is 24.3 Å². The highest BCUT2D eigenvalue weighted by atomic mass is 16.2. The Morgan fingerprint density at radius 2 is 2.00 bits per heavy atom. The van der Waals surface area contributed by atoms with E-state index in [9.17, 15) is 14.4 Å². The van der Waals surface area contributed by atoms with Crippen LogP contribution in [0.25, 0.3) is 11.2 Å². The van der Waals surface area contributed by atoms with Gasteiger partial charge in [0.25, 0.3) is 5.56 Å². The van der Waals surface area contributed by atoms with Crippen molar-refractivity contribution in [3.05, 3.63) is 27.2 Å². The highest BCUT2D eigenvalue weighted by Gasteiger charge is 2.16. The van der Waals surface area contributed by atoms with Crippen LogP contribution in [0.5, 0.6) is 0 Å². The number of nitrogens with one attached hydrogen (secondary N) is 2. The van der Waals surface area contributed by atoms with Crippen molar-refractivity contribution in [2.24, 2.45) is 14.1 Å². The van der Waals surface area contributed by atoms with Crippen LogP contribution in [0.4, 0.5) is 0 Å². The Morgan fingerprint density at radius 3 is 2.68 bits per heavy atom. The van der Waals surface area contributed by atoms with Crippen molar-refractivity contribution < 1.29 is 4.79 Å². The predicted molar refractivity (Wildman–Crippen MR) is 81.8 cm³/mol. The topological polar surface area (TPSA) is 103 Å². The van der Waals surface area contributed by atoms with Gasteiger partial charge in [0.1, 0.15) is 6.54 Å². The van der Waals surface area contributed by atoms with Gasteiger partial charge < -0.3 is 15.2 Å². The Hall–Kier alpha value is -2.42. The van der Waals surface area contributed by atoms with Gasteiger partial charge in [0.2, 0.25) is 5.91 Å². The van der Waals surface area contributed by atoms with Crippen molar-refractivity contribution in [3.63, 3.8) is 0 Å². The molecule has 0 radical (unpaired) electrons. The maximum absolute atomic E-state index is 12.4. The highest BCUT2D eigenvalue weighted by molar-refractivity contribution is 5.76. The lowest BCUT2D eigenvalue weighted by atomic mass is 10.4. The predicted octanol–water partition coefficient (Wildman–Crippen LogP) is -1.84. The highest BCUT2D eigenvalue weighted by Crippen LogP contribution is 2.02. The summed E-state index contributed by atoms with van der Waals surface area (Å²) in [6, 6.07) is 0. The first-order valence-corrected chi connectivity index (χ1v) is 7.05. The summed E-state index contributed by atoms with van der Waals surface area (Å²) in [4.78, 5) is 40.5. The third kappa shape index (κ3) is 2.93. The molecule has 2 heterocycles. The summed E-state index contributed by atoms with van der Waals surface area (Å²) >= 11 is 0. The maximum atomic E-state index is 12.4. The zero-order valence-electron chi connectivity index (χ0n) is 12.9. The summed E-state index contributed by atoms with van der Waals surface area (Å²) in [6.45, 7) is 3.55. The molecule has 9 nitrogen and oxygen atoms in total. The molecule has 0 aliphatic rings. The lowest BCUT2D eigenvalue weighted by Gasteiger charge is -2.09. The lowest BCUT2D eigenvalue weighted by Crippen LogP contribution is -2.44. The zero-order valence-corrected chi connectivity index (χ0v) is 12.9. The Labute approximate surface area is 126 Å². The first-order valence-electron chi connectivity index (χ1n) is 7.05. The van der Waals surface area contributed by atoms with Crippen molar-refractivity contribution in [1.29, 1.82) is 0 Å². The van der Waals surface area contributed by atoms with Gasteiger partial charge >= 0.3 is 5.69 Å². The van der Waals surface area contributed by atoms with Crippen LogP contribution in [0, 0.1) is 0 Å². The molecule has 0 spiro atoms. The van der Waals surface area contributed by atoms with Gasteiger partial charge in [-0.05, 0) is 6.54 Å². The van der Waals surface area contributed by atoms with Gasteiger partial charge in [0, 0.05) is 27.2 Å². The third-order valence-electron chi connectivity index (χ3n) is 3.38. The number of aromatic nitrogens is 4. The minimum atomic E-state index is -0.557. The number of likely N-dealkylation sites (N-methyl/N-ethyl adjacent to an activating group) is 1. The number of hydrogen-bond donors (Lipinski definition) is 2. The first kappa shape index (κ1) is 16.0. The fourth-order valence-electron chi connectivity index (χ4n) is 2.20. The van der Waals surface area contributed by atoms with Crippen LogP contribution in [0.15, 0.2) is 15.9 Å². The minimum Gasteiger partial charge on any atom is -0.353 e. The molecule has 0 atom stereocenters. The van der Waals surface area contributed by atoms with Gasteiger partial charge in [0.15, 0.2) is 11.2 Å². The van der Waals surface area contributed by atoms with Crippen molar-refractivity contribution >= 4 is 17.1 Å². The van der Waals surface area contributed by atoms with Crippen LogP contribution in [-0.4, -0.2) is 44.2 Å². The number of amides is 1. The molecule has 0 fully saturated rings. The van der Waals surface area contributed by atoms with Gasteiger partial charge in [-0.3, -0.25) is 14.2 Å². The third-order valence-corrected chi connectivity index (χ3v) is 3.38. The molecule has 0 aliphatic carbocycles. The largest absolute Gasteiger partial charge is 0.353 e. The molecule has 0 aromatic carbocycles. The van der Waals surface area contributed by atoms with Gasteiger partial charge in [-0.1, -0.05) is 6.92 Å². The van der Waals surface area contributed by atoms with Crippen LogP contribution in [0.2, 0.25) is 0 Å². The van der Waals surface area contributed by atoms with E-state index in [2.05, 4.69) is 15.6 Å². The Kier molecular flexibility index (Phi) is 4.76. The summed E-state index contributed by atoms with van der Waals surface area (Å²) in [7, 11) is 3.19. The fraction of sp³-hybridized carbons (Fsp3) is 0.538. The number of imidazole rings is 1. The van der Waals surface area contributed by atoms with E-state index in [1.165, 1.54) is 22.5 Å². The molecule has 0 saturated carbocycles. The average molecular weight is 308 g/mol. The van der Waals surface area contributed by atoms with Gasteiger partial charge in [-0.15, -0.1) is 0 Å². The Morgan fingerprint density at radius 1 is 1.27 bits per heavy atom. The van der Waals surface area contributed by atoms with Crippen LogP contribution < -0.4 is 21.9 Å². The molecule has 0 aliphatic heterocycles. The quantitative estimate of drug-likeness (QED) is 0.610. The maximum Gasteiger partial charge on any atom is 0.332 e. The second-order valence-corrected chi connectivity index (χ2v) is 4.96. The molecule has 2 rings (SSSR count). The minimum absolute atomic E-state index is 0.294. The molecule has 2 aromatic rings. The molecular formula is C13H20N6O3. The SMILES string of the molecule is CCNCCNC(=O)Cn1c(=O)c2c(ncn2C)n(C)c1=O.